The largest absolute Gasteiger partial charge is 0.489 e. The molecule has 0 saturated carbocycles. The Hall–Kier alpha value is -4.39. The van der Waals surface area contributed by atoms with E-state index in [1.807, 2.05) is 91.9 Å². The molecule has 170 valence electrons. The van der Waals surface area contributed by atoms with Gasteiger partial charge in [-0.15, -0.1) is 0 Å². The van der Waals surface area contributed by atoms with Crippen molar-refractivity contribution >= 4 is 11.9 Å². The van der Waals surface area contributed by atoms with Gasteiger partial charge < -0.3 is 14.8 Å². The van der Waals surface area contributed by atoms with E-state index in [9.17, 15) is 4.79 Å². The number of esters is 1. The van der Waals surface area contributed by atoms with Crippen molar-refractivity contribution in [1.82, 2.24) is 14.8 Å². The van der Waals surface area contributed by atoms with Gasteiger partial charge in [0.1, 0.15) is 31.3 Å². The number of rotatable bonds is 7. The van der Waals surface area contributed by atoms with E-state index < -0.39 is 12.0 Å². The molecule has 1 atom stereocenters. The first kappa shape index (κ1) is 21.5. The number of nitrogens with one attached hydrogen (secondary N) is 1. The third-order valence-electron chi connectivity index (χ3n) is 5.67. The Morgan fingerprint density at radius 2 is 1.56 bits per heavy atom. The lowest BCUT2D eigenvalue weighted by Gasteiger charge is -2.28. The van der Waals surface area contributed by atoms with E-state index in [-0.39, 0.29) is 6.61 Å². The molecule has 0 radical (unpaired) electrons. The molecule has 7 heteroatoms. The smallest absolute Gasteiger partial charge is 0.338 e. The van der Waals surface area contributed by atoms with Gasteiger partial charge in [0.25, 0.3) is 0 Å². The Bertz CT molecular complexity index is 1300. The van der Waals surface area contributed by atoms with Crippen molar-refractivity contribution in [3.8, 4) is 5.75 Å². The molecule has 1 N–H and O–H groups in total. The Kier molecular flexibility index (Phi) is 6.07. The fourth-order valence-corrected chi connectivity index (χ4v) is 3.95. The molecule has 1 aromatic heterocycles. The molecule has 5 rings (SSSR count). The predicted octanol–water partition coefficient (Wildman–Crippen LogP) is 4.89. The molecule has 0 saturated heterocycles. The highest BCUT2D eigenvalue weighted by Gasteiger charge is 2.34. The number of benzene rings is 3. The number of fused-ring (bicyclic) bond motifs is 1. The van der Waals surface area contributed by atoms with Gasteiger partial charge in [0.15, 0.2) is 0 Å². The Balaban J connectivity index is 1.38. The molecule has 0 spiro atoms. The van der Waals surface area contributed by atoms with E-state index in [1.165, 1.54) is 6.33 Å². The van der Waals surface area contributed by atoms with E-state index in [0.29, 0.717) is 23.8 Å². The summed E-state index contributed by atoms with van der Waals surface area (Å²) in [5.74, 6) is 0.921. The van der Waals surface area contributed by atoms with Crippen molar-refractivity contribution in [3.05, 3.63) is 119 Å². The summed E-state index contributed by atoms with van der Waals surface area (Å²) in [6.45, 7) is 2.53. The molecule has 7 nitrogen and oxygen atoms in total. The summed E-state index contributed by atoms with van der Waals surface area (Å²) in [5, 5.41) is 7.53. The lowest BCUT2D eigenvalue weighted by Crippen LogP contribution is -2.29. The zero-order valence-electron chi connectivity index (χ0n) is 18.7. The van der Waals surface area contributed by atoms with E-state index in [0.717, 1.165) is 22.4 Å². The number of carbonyl (C=O) groups is 1. The van der Waals surface area contributed by atoms with Crippen molar-refractivity contribution in [2.75, 3.05) is 5.32 Å². The van der Waals surface area contributed by atoms with Crippen LogP contribution in [-0.4, -0.2) is 20.7 Å². The molecule has 0 amide bonds. The second-order valence-corrected chi connectivity index (χ2v) is 8.00. The second-order valence-electron chi connectivity index (χ2n) is 8.00. The first-order chi connectivity index (χ1) is 16.7. The van der Waals surface area contributed by atoms with E-state index in [4.69, 9.17) is 9.47 Å². The van der Waals surface area contributed by atoms with Crippen LogP contribution in [0.25, 0.3) is 0 Å². The van der Waals surface area contributed by atoms with Gasteiger partial charge in [-0.1, -0.05) is 72.8 Å². The maximum absolute atomic E-state index is 13.2. The van der Waals surface area contributed by atoms with Crippen LogP contribution in [0.3, 0.4) is 0 Å². The SMILES string of the molecule is CC1=C(C(=O)OCc2ccccc2)[C@@H](c2ccc(OCc3ccccc3)cc2)n2ncnc2N1. The van der Waals surface area contributed by atoms with Crippen molar-refractivity contribution in [2.24, 2.45) is 0 Å². The number of carbonyl (C=O) groups excluding carboxylic acids is 1. The summed E-state index contributed by atoms with van der Waals surface area (Å²) in [7, 11) is 0. The fourth-order valence-electron chi connectivity index (χ4n) is 3.95. The first-order valence-corrected chi connectivity index (χ1v) is 11.0. The van der Waals surface area contributed by atoms with Crippen molar-refractivity contribution in [2.45, 2.75) is 26.2 Å². The maximum Gasteiger partial charge on any atom is 0.338 e. The molecular formula is C27H24N4O3. The van der Waals surface area contributed by atoms with Crippen LogP contribution >= 0.6 is 0 Å². The summed E-state index contributed by atoms with van der Waals surface area (Å²) in [4.78, 5) is 17.5. The summed E-state index contributed by atoms with van der Waals surface area (Å²) >= 11 is 0. The van der Waals surface area contributed by atoms with Gasteiger partial charge in [-0.2, -0.15) is 10.1 Å². The van der Waals surface area contributed by atoms with Gasteiger partial charge in [0.05, 0.1) is 5.57 Å². The average Bonchev–Trinajstić information content (AvgIpc) is 3.35. The summed E-state index contributed by atoms with van der Waals surface area (Å²) in [5.41, 5.74) is 4.08. The summed E-state index contributed by atoms with van der Waals surface area (Å²) < 4.78 is 13.3. The van der Waals surface area contributed by atoms with Gasteiger partial charge in [0.2, 0.25) is 5.95 Å². The zero-order valence-corrected chi connectivity index (χ0v) is 18.7. The lowest BCUT2D eigenvalue weighted by molar-refractivity contribution is -0.140. The molecule has 1 aliphatic heterocycles. The molecule has 0 bridgehead atoms. The molecule has 0 fully saturated rings. The summed E-state index contributed by atoms with van der Waals surface area (Å²) in [6.07, 6.45) is 1.47. The van der Waals surface area contributed by atoms with Crippen LogP contribution in [0.4, 0.5) is 5.95 Å². The third kappa shape index (κ3) is 4.54. The lowest BCUT2D eigenvalue weighted by atomic mass is 9.95. The highest BCUT2D eigenvalue weighted by atomic mass is 16.5. The third-order valence-corrected chi connectivity index (χ3v) is 5.67. The van der Waals surface area contributed by atoms with Gasteiger partial charge >= 0.3 is 5.97 Å². The Labute approximate surface area is 197 Å². The molecule has 4 aromatic rings. The highest BCUT2D eigenvalue weighted by Crippen LogP contribution is 2.36. The normalized spacial score (nSPS) is 14.8. The Morgan fingerprint density at radius 3 is 2.24 bits per heavy atom. The van der Waals surface area contributed by atoms with E-state index in [1.54, 1.807) is 4.68 Å². The maximum atomic E-state index is 13.2. The number of hydrogen-bond acceptors (Lipinski definition) is 6. The van der Waals surface area contributed by atoms with E-state index in [2.05, 4.69) is 15.4 Å². The molecule has 1 aliphatic rings. The highest BCUT2D eigenvalue weighted by molar-refractivity contribution is 5.92. The standard InChI is InChI=1S/C27H24N4O3/c1-19-24(26(32)34-17-21-10-6-3-7-11-21)25(31-27(30-19)28-18-29-31)22-12-14-23(15-13-22)33-16-20-8-4-2-5-9-20/h2-15,18,25H,16-17H2,1H3,(H,28,29,30)/t25-/m1/s1. The number of nitrogens with zero attached hydrogens (tertiary/aromatic N) is 3. The van der Waals surface area contributed by atoms with Crippen LogP contribution < -0.4 is 10.1 Å². The molecule has 2 heterocycles. The number of allylic oxidation sites excluding steroid dienone is 1. The van der Waals surface area contributed by atoms with Crippen LogP contribution in [0.15, 0.2) is 103 Å². The zero-order chi connectivity index (χ0) is 23.3. The topological polar surface area (TPSA) is 78.3 Å². The van der Waals surface area contributed by atoms with Crippen LogP contribution in [0, 0.1) is 0 Å². The minimum atomic E-state index is -0.467. The minimum Gasteiger partial charge on any atom is -0.489 e. The van der Waals surface area contributed by atoms with Crippen molar-refractivity contribution in [3.63, 3.8) is 0 Å². The van der Waals surface area contributed by atoms with E-state index >= 15 is 0 Å². The summed E-state index contributed by atoms with van der Waals surface area (Å²) in [6, 6.07) is 26.8. The van der Waals surface area contributed by atoms with Crippen LogP contribution in [0.1, 0.15) is 29.7 Å². The van der Waals surface area contributed by atoms with Crippen LogP contribution in [0.5, 0.6) is 5.75 Å². The van der Waals surface area contributed by atoms with Crippen molar-refractivity contribution in [1.29, 1.82) is 0 Å². The molecule has 0 unspecified atom stereocenters. The van der Waals surface area contributed by atoms with Crippen molar-refractivity contribution < 1.29 is 14.3 Å². The van der Waals surface area contributed by atoms with Gasteiger partial charge in [-0.05, 0) is 35.7 Å². The molecule has 3 aromatic carbocycles. The number of anilines is 1. The van der Waals surface area contributed by atoms with Crippen LogP contribution in [-0.2, 0) is 22.7 Å². The quantitative estimate of drug-likeness (QED) is 0.402. The van der Waals surface area contributed by atoms with Gasteiger partial charge in [0, 0.05) is 5.70 Å². The molecular weight excluding hydrogens is 428 g/mol. The molecule has 0 aliphatic carbocycles. The first-order valence-electron chi connectivity index (χ1n) is 11.0. The van der Waals surface area contributed by atoms with Crippen LogP contribution in [0.2, 0.25) is 0 Å². The number of ether oxygens (including phenoxy) is 2. The molecule has 34 heavy (non-hydrogen) atoms. The average molecular weight is 453 g/mol. The second kappa shape index (κ2) is 9.62. The monoisotopic (exact) mass is 452 g/mol. The van der Waals surface area contributed by atoms with Gasteiger partial charge in [-0.3, -0.25) is 0 Å². The minimum absolute atomic E-state index is 0.194. The number of hydrogen-bond donors (Lipinski definition) is 1. The Morgan fingerprint density at radius 1 is 0.912 bits per heavy atom. The predicted molar refractivity (Wildman–Crippen MR) is 128 cm³/mol. The number of aromatic nitrogens is 3. The van der Waals surface area contributed by atoms with Gasteiger partial charge in [-0.25, -0.2) is 9.48 Å². The fraction of sp³-hybridized carbons (Fsp3) is 0.148.